The summed E-state index contributed by atoms with van der Waals surface area (Å²) in [6.45, 7) is 7.34. The van der Waals surface area contributed by atoms with Gasteiger partial charge in [-0.25, -0.2) is 8.78 Å². The van der Waals surface area contributed by atoms with E-state index in [-0.39, 0.29) is 39.3 Å². The second-order valence-electron chi connectivity index (χ2n) is 4.58. The Balaban J connectivity index is 0.00000200. The summed E-state index contributed by atoms with van der Waals surface area (Å²) in [5.74, 6) is 0. The molecule has 103 valence electrons. The first-order chi connectivity index (χ1) is 9.00. The maximum atomic E-state index is 12.8. The van der Waals surface area contributed by atoms with Crippen LogP contribution in [0.2, 0.25) is 0 Å². The fourth-order valence-electron chi connectivity index (χ4n) is 2.09. The third-order valence-electron chi connectivity index (χ3n) is 3.20. The molecule has 0 saturated heterocycles. The van der Waals surface area contributed by atoms with Gasteiger partial charge < -0.3 is 4.90 Å². The Hall–Kier alpha value is -0.796. The van der Waals surface area contributed by atoms with Gasteiger partial charge in [-0.05, 0) is 5.70 Å². The predicted molar refractivity (Wildman–Crippen MR) is 73.4 cm³/mol. The molecular weight excluding hydrogens is 333 g/mol. The van der Waals surface area contributed by atoms with Crippen molar-refractivity contribution in [2.45, 2.75) is 20.3 Å². The Kier molecular flexibility index (Phi) is 6.28. The zero-order chi connectivity index (χ0) is 14.0. The van der Waals surface area contributed by atoms with Gasteiger partial charge in [0.05, 0.1) is 6.54 Å². The third kappa shape index (κ3) is 3.64. The first-order valence-corrected chi connectivity index (χ1v) is 6.12. The standard InChI is InChI=1S/C16H16F2N.Y/c1-11-8-9-15(14-7-5-4-6-12(14)2)19(13(11)3)10-16(17)18;/h4-8,16H,3,10H2,1-2H3;/q-1;. The average molecular weight is 349 g/mol. The van der Waals surface area contributed by atoms with Gasteiger partial charge in [-0.3, -0.25) is 0 Å². The van der Waals surface area contributed by atoms with Crippen LogP contribution in [0.4, 0.5) is 8.78 Å². The Morgan fingerprint density at radius 2 is 1.90 bits per heavy atom. The third-order valence-corrected chi connectivity index (χ3v) is 3.20. The molecular formula is C16H16F2NY-. The molecule has 1 aliphatic rings. The molecule has 0 spiro atoms. The molecule has 2 rings (SSSR count). The van der Waals surface area contributed by atoms with E-state index in [9.17, 15) is 8.78 Å². The Bertz CT molecular complexity index is 561. The Morgan fingerprint density at radius 3 is 2.50 bits per heavy atom. The van der Waals surface area contributed by atoms with Crippen LogP contribution in [0, 0.1) is 13.0 Å². The number of allylic oxidation sites excluding steroid dienone is 3. The minimum absolute atomic E-state index is 0. The van der Waals surface area contributed by atoms with Crippen LogP contribution < -0.4 is 0 Å². The summed E-state index contributed by atoms with van der Waals surface area (Å²) in [5.41, 5.74) is 4.07. The fourth-order valence-corrected chi connectivity index (χ4v) is 2.09. The molecule has 1 nitrogen and oxygen atoms in total. The van der Waals surface area contributed by atoms with Gasteiger partial charge in [-0.15, -0.1) is 11.6 Å². The summed E-state index contributed by atoms with van der Waals surface area (Å²) in [6.07, 6.45) is 2.48. The van der Waals surface area contributed by atoms with Crippen molar-refractivity contribution in [3.63, 3.8) is 0 Å². The largest absolute Gasteiger partial charge is 0.370 e. The number of benzene rings is 1. The van der Waals surface area contributed by atoms with Crippen LogP contribution in [0.25, 0.3) is 5.70 Å². The minimum atomic E-state index is -2.41. The molecule has 20 heavy (non-hydrogen) atoms. The van der Waals surface area contributed by atoms with E-state index in [0.29, 0.717) is 11.4 Å². The number of alkyl halides is 2. The molecule has 0 amide bonds. The van der Waals surface area contributed by atoms with E-state index in [1.165, 1.54) is 0 Å². The van der Waals surface area contributed by atoms with Gasteiger partial charge in [-0.2, -0.15) is 12.2 Å². The van der Waals surface area contributed by atoms with Crippen molar-refractivity contribution in [2.75, 3.05) is 6.54 Å². The zero-order valence-electron chi connectivity index (χ0n) is 11.7. The van der Waals surface area contributed by atoms with Crippen LogP contribution in [0.5, 0.6) is 0 Å². The second kappa shape index (κ2) is 7.28. The van der Waals surface area contributed by atoms with E-state index >= 15 is 0 Å². The molecule has 0 aromatic heterocycles. The summed E-state index contributed by atoms with van der Waals surface area (Å²) >= 11 is 0. The van der Waals surface area contributed by atoms with Gasteiger partial charge >= 0.3 is 0 Å². The van der Waals surface area contributed by atoms with Crippen LogP contribution in [0.15, 0.2) is 48.2 Å². The Morgan fingerprint density at radius 1 is 1.25 bits per heavy atom. The summed E-state index contributed by atoms with van der Waals surface area (Å²) in [5, 5.41) is 0. The Labute approximate surface area is 143 Å². The number of nitrogens with zero attached hydrogens (tertiary/aromatic N) is 1. The SMILES string of the molecule is C=C1C(C)=C[C-]=C(c2ccccc2C)N1CC(F)F.[Y]. The van der Waals surface area contributed by atoms with Gasteiger partial charge in [-0.1, -0.05) is 55.4 Å². The van der Waals surface area contributed by atoms with Crippen molar-refractivity contribution in [1.29, 1.82) is 0 Å². The molecule has 0 atom stereocenters. The second-order valence-corrected chi connectivity index (χ2v) is 4.58. The molecule has 1 radical (unpaired) electrons. The van der Waals surface area contributed by atoms with Gasteiger partial charge in [0.25, 0.3) is 6.43 Å². The van der Waals surface area contributed by atoms with Crippen molar-refractivity contribution in [3.8, 4) is 0 Å². The predicted octanol–water partition coefficient (Wildman–Crippen LogP) is 4.18. The van der Waals surface area contributed by atoms with Crippen LogP contribution in [0.3, 0.4) is 0 Å². The van der Waals surface area contributed by atoms with Crippen molar-refractivity contribution < 1.29 is 41.5 Å². The molecule has 1 aromatic carbocycles. The molecule has 0 saturated carbocycles. The molecule has 0 fully saturated rings. The van der Waals surface area contributed by atoms with E-state index in [2.05, 4.69) is 12.7 Å². The van der Waals surface area contributed by atoms with Crippen LogP contribution in [0.1, 0.15) is 18.1 Å². The van der Waals surface area contributed by atoms with Crippen molar-refractivity contribution in [2.24, 2.45) is 0 Å². The summed E-state index contributed by atoms with van der Waals surface area (Å²) in [7, 11) is 0. The zero-order valence-corrected chi connectivity index (χ0v) is 14.5. The van der Waals surface area contributed by atoms with Crippen molar-refractivity contribution in [3.05, 3.63) is 65.4 Å². The smallest absolute Gasteiger partial charge is 0.256 e. The molecule has 1 aliphatic heterocycles. The molecule has 0 unspecified atom stereocenters. The van der Waals surface area contributed by atoms with E-state index in [1.807, 2.05) is 38.1 Å². The summed E-state index contributed by atoms with van der Waals surface area (Å²) in [6, 6.07) is 7.69. The van der Waals surface area contributed by atoms with Gasteiger partial charge in [0.15, 0.2) is 0 Å². The van der Waals surface area contributed by atoms with E-state index in [0.717, 1.165) is 16.7 Å². The normalized spacial score (nSPS) is 14.8. The van der Waals surface area contributed by atoms with Crippen molar-refractivity contribution in [1.82, 2.24) is 4.90 Å². The molecule has 1 aromatic rings. The first-order valence-electron chi connectivity index (χ1n) is 6.12. The van der Waals surface area contributed by atoms with E-state index in [4.69, 9.17) is 0 Å². The number of rotatable bonds is 3. The molecule has 1 heterocycles. The van der Waals surface area contributed by atoms with Crippen LogP contribution in [-0.4, -0.2) is 17.9 Å². The van der Waals surface area contributed by atoms with E-state index in [1.54, 1.807) is 11.0 Å². The van der Waals surface area contributed by atoms with Crippen LogP contribution >= 0.6 is 0 Å². The number of hydrogen-bond acceptors (Lipinski definition) is 1. The fraction of sp³-hybridized carbons (Fsp3) is 0.250. The molecule has 0 aliphatic carbocycles. The summed E-state index contributed by atoms with van der Waals surface area (Å²) in [4.78, 5) is 1.54. The van der Waals surface area contributed by atoms with Gasteiger partial charge in [0.2, 0.25) is 0 Å². The minimum Gasteiger partial charge on any atom is -0.370 e. The number of aryl methyl sites for hydroxylation is 1. The van der Waals surface area contributed by atoms with Gasteiger partial charge in [0.1, 0.15) is 0 Å². The average Bonchev–Trinajstić information content (AvgIpc) is 2.36. The molecule has 0 N–H and O–H groups in total. The van der Waals surface area contributed by atoms with Crippen molar-refractivity contribution >= 4 is 5.70 Å². The van der Waals surface area contributed by atoms with Crippen LogP contribution in [-0.2, 0) is 32.7 Å². The number of halogens is 2. The summed E-state index contributed by atoms with van der Waals surface area (Å²) < 4.78 is 25.5. The van der Waals surface area contributed by atoms with E-state index < -0.39 is 6.43 Å². The monoisotopic (exact) mass is 349 g/mol. The first kappa shape index (κ1) is 17.3. The quantitative estimate of drug-likeness (QED) is 0.740. The maximum Gasteiger partial charge on any atom is 0.256 e. The molecule has 4 heteroatoms. The topological polar surface area (TPSA) is 3.24 Å². The molecule has 0 bridgehead atoms. The number of hydrogen-bond donors (Lipinski definition) is 0. The van der Waals surface area contributed by atoms with Gasteiger partial charge in [0, 0.05) is 32.7 Å². The maximum absolute atomic E-state index is 12.8.